The van der Waals surface area contributed by atoms with Crippen LogP contribution in [-0.2, 0) is 33.9 Å². The lowest BCUT2D eigenvalue weighted by Gasteiger charge is -2.28. The first-order valence-corrected chi connectivity index (χ1v) is 16.2. The number of hydrogen-bond donors (Lipinski definition) is 4. The summed E-state index contributed by atoms with van der Waals surface area (Å²) in [7, 11) is 0. The summed E-state index contributed by atoms with van der Waals surface area (Å²) in [6, 6.07) is 37.1. The summed E-state index contributed by atoms with van der Waals surface area (Å²) in [5.41, 5.74) is 11.6. The van der Waals surface area contributed by atoms with E-state index >= 15 is 0 Å². The van der Waals surface area contributed by atoms with Crippen molar-refractivity contribution in [3.63, 3.8) is 0 Å². The number of alkyl carbamates (subject to hydrolysis) is 1. The Kier molecular flexibility index (Phi) is 11.0. The number of rotatable bonds is 9. The van der Waals surface area contributed by atoms with E-state index in [1.165, 1.54) is 0 Å². The molecule has 9 heteroatoms. The largest absolute Gasteiger partial charge is 0.445 e. The van der Waals surface area contributed by atoms with E-state index in [1.807, 2.05) is 72.8 Å². The summed E-state index contributed by atoms with van der Waals surface area (Å²) in [5, 5.41) is 10.8. The van der Waals surface area contributed by atoms with Gasteiger partial charge in [-0.05, 0) is 82.8 Å². The highest BCUT2D eigenvalue weighted by Gasteiger charge is 2.37. The molecule has 0 aliphatic carbocycles. The van der Waals surface area contributed by atoms with Crippen molar-refractivity contribution in [2.24, 2.45) is 5.73 Å². The van der Waals surface area contributed by atoms with Gasteiger partial charge in [0.05, 0.1) is 0 Å². The molecule has 252 valence electrons. The summed E-state index contributed by atoms with van der Waals surface area (Å²) in [6.45, 7) is 3.71. The van der Waals surface area contributed by atoms with Crippen LogP contribution in [0.25, 0.3) is 21.9 Å². The molecule has 0 spiro atoms. The number of halogens is 1. The minimum absolute atomic E-state index is 0. The second-order valence-electron chi connectivity index (χ2n) is 12.8. The summed E-state index contributed by atoms with van der Waals surface area (Å²) in [6.07, 6.45) is 0.290. The minimum Gasteiger partial charge on any atom is -0.445 e. The van der Waals surface area contributed by atoms with E-state index in [9.17, 15) is 14.4 Å². The van der Waals surface area contributed by atoms with Crippen LogP contribution in [0.5, 0.6) is 0 Å². The number of carbonyl (C=O) groups excluding carboxylic acids is 3. The van der Waals surface area contributed by atoms with Gasteiger partial charge >= 0.3 is 6.09 Å². The number of amides is 3. The van der Waals surface area contributed by atoms with E-state index in [0.29, 0.717) is 19.4 Å². The number of carbonyl (C=O) groups is 3. The molecule has 5 aromatic carbocycles. The van der Waals surface area contributed by atoms with Crippen LogP contribution in [-0.4, -0.2) is 29.5 Å². The van der Waals surface area contributed by atoms with Gasteiger partial charge in [-0.1, -0.05) is 109 Å². The third-order valence-corrected chi connectivity index (χ3v) is 8.96. The van der Waals surface area contributed by atoms with Crippen LogP contribution in [0.1, 0.15) is 48.4 Å². The lowest BCUT2D eigenvalue weighted by molar-refractivity contribution is -0.130. The van der Waals surface area contributed by atoms with E-state index in [-0.39, 0.29) is 30.8 Å². The highest BCUT2D eigenvalue weighted by molar-refractivity contribution is 6.03. The van der Waals surface area contributed by atoms with Crippen LogP contribution in [0, 0.1) is 0 Å². The first-order chi connectivity index (χ1) is 23.2. The molecule has 0 saturated heterocycles. The van der Waals surface area contributed by atoms with E-state index < -0.39 is 23.6 Å². The first-order valence-electron chi connectivity index (χ1n) is 16.2. The monoisotopic (exact) mass is 676 g/mol. The fourth-order valence-corrected chi connectivity index (χ4v) is 6.38. The van der Waals surface area contributed by atoms with Crippen molar-refractivity contribution < 1.29 is 19.1 Å². The number of nitrogens with one attached hydrogen (secondary N) is 3. The second kappa shape index (κ2) is 15.4. The molecule has 0 fully saturated rings. The molecule has 0 saturated carbocycles. The molecule has 0 aromatic heterocycles. The zero-order valence-corrected chi connectivity index (χ0v) is 28.4. The molecule has 0 bridgehead atoms. The molecule has 5 N–H and O–H groups in total. The topological polar surface area (TPSA) is 123 Å². The predicted octanol–water partition coefficient (Wildman–Crippen LogP) is 7.25. The Morgan fingerprint density at radius 1 is 0.857 bits per heavy atom. The molecule has 1 heterocycles. The summed E-state index contributed by atoms with van der Waals surface area (Å²) < 4.78 is 5.35. The molecule has 1 unspecified atom stereocenters. The van der Waals surface area contributed by atoms with Gasteiger partial charge in [0, 0.05) is 12.2 Å². The molecule has 3 amide bonds. The fourth-order valence-electron chi connectivity index (χ4n) is 6.38. The van der Waals surface area contributed by atoms with Gasteiger partial charge in [0.1, 0.15) is 18.2 Å². The Morgan fingerprint density at radius 3 is 2.31 bits per heavy atom. The Balaban J connectivity index is 0.00000468. The number of ether oxygens (including phenoxy) is 1. The quantitative estimate of drug-likeness (QED) is 0.131. The van der Waals surface area contributed by atoms with Crippen molar-refractivity contribution in [1.29, 1.82) is 0 Å². The van der Waals surface area contributed by atoms with Crippen molar-refractivity contribution in [2.45, 2.75) is 57.3 Å². The van der Waals surface area contributed by atoms with Gasteiger partial charge in [0.25, 0.3) is 0 Å². The smallest absolute Gasteiger partial charge is 0.408 e. The molecular weight excluding hydrogens is 636 g/mol. The Morgan fingerprint density at radius 2 is 1.55 bits per heavy atom. The van der Waals surface area contributed by atoms with E-state index in [1.54, 1.807) is 13.8 Å². The maximum absolute atomic E-state index is 13.7. The lowest BCUT2D eigenvalue weighted by atomic mass is 9.83. The third-order valence-electron chi connectivity index (χ3n) is 8.96. The summed E-state index contributed by atoms with van der Waals surface area (Å²) >= 11 is 0. The number of benzene rings is 5. The molecule has 1 aliphatic heterocycles. The van der Waals surface area contributed by atoms with Crippen molar-refractivity contribution in [1.82, 2.24) is 10.6 Å². The van der Waals surface area contributed by atoms with Crippen LogP contribution in [0.2, 0.25) is 0 Å². The Hall–Kier alpha value is -5.18. The van der Waals surface area contributed by atoms with Gasteiger partial charge in [-0.3, -0.25) is 9.59 Å². The van der Waals surface area contributed by atoms with Crippen molar-refractivity contribution in [3.05, 3.63) is 138 Å². The maximum Gasteiger partial charge on any atom is 0.408 e. The van der Waals surface area contributed by atoms with Crippen molar-refractivity contribution in [3.8, 4) is 11.1 Å². The van der Waals surface area contributed by atoms with Crippen LogP contribution in [0.15, 0.2) is 115 Å². The van der Waals surface area contributed by atoms with Gasteiger partial charge in [0.15, 0.2) is 0 Å². The van der Waals surface area contributed by atoms with Crippen molar-refractivity contribution in [2.75, 3.05) is 5.32 Å². The fraction of sp³-hybridized carbons (Fsp3) is 0.225. The highest BCUT2D eigenvalue weighted by atomic mass is 35.5. The summed E-state index contributed by atoms with van der Waals surface area (Å²) in [4.78, 5) is 39.9. The van der Waals surface area contributed by atoms with Crippen molar-refractivity contribution >= 4 is 46.8 Å². The van der Waals surface area contributed by atoms with E-state index in [2.05, 4.69) is 58.4 Å². The molecule has 0 radical (unpaired) electrons. The maximum atomic E-state index is 13.7. The zero-order valence-electron chi connectivity index (χ0n) is 27.6. The molecule has 8 nitrogen and oxygen atoms in total. The van der Waals surface area contributed by atoms with Gasteiger partial charge in [-0.15, -0.1) is 12.4 Å². The van der Waals surface area contributed by atoms with Crippen LogP contribution < -0.4 is 21.7 Å². The molecule has 1 aliphatic rings. The van der Waals surface area contributed by atoms with Gasteiger partial charge < -0.3 is 26.4 Å². The van der Waals surface area contributed by atoms with Crippen LogP contribution in [0.4, 0.5) is 10.5 Å². The SMILES string of the molecule is CC(C)(NC(=O)OCc1ccccc1)C(=O)N[C@@H]1CC(Cc2ccc(-c3ccccc3CN)cc2)c2c(ccc3ccccc23)NC1=O.Cl. The molecule has 5 aromatic rings. The molecule has 49 heavy (non-hydrogen) atoms. The first kappa shape index (κ1) is 35.1. The predicted molar refractivity (Wildman–Crippen MR) is 196 cm³/mol. The third kappa shape index (κ3) is 8.11. The summed E-state index contributed by atoms with van der Waals surface area (Å²) in [5.74, 6) is -0.903. The lowest BCUT2D eigenvalue weighted by Crippen LogP contribution is -2.58. The Labute approximate surface area is 292 Å². The minimum atomic E-state index is -1.34. The van der Waals surface area contributed by atoms with E-state index in [0.717, 1.165) is 49.8 Å². The highest BCUT2D eigenvalue weighted by Crippen LogP contribution is 2.39. The average Bonchev–Trinajstić information content (AvgIpc) is 3.23. The number of nitrogens with two attached hydrogens (primary N) is 1. The van der Waals surface area contributed by atoms with Gasteiger partial charge in [-0.25, -0.2) is 4.79 Å². The Bertz CT molecular complexity index is 1950. The standard InChI is InChI=1S/C40H40N4O4.ClH/c1-40(2,44-39(47)48-25-27-10-4-3-5-11-27)38(46)43-35-23-31(36-33-15-9-6-12-28(33)20-21-34(36)42-37(35)45)22-26-16-18-29(19-17-26)32-14-8-7-13-30(32)24-41;/h3-21,31,35H,22-25,41H2,1-2H3,(H,42,45)(H,43,46)(H,44,47);1H/t31?,35-;/m1./s1. The number of fused-ring (bicyclic) bond motifs is 3. The number of anilines is 1. The number of hydrogen-bond acceptors (Lipinski definition) is 5. The van der Waals surface area contributed by atoms with Gasteiger partial charge in [0.2, 0.25) is 11.8 Å². The zero-order chi connectivity index (χ0) is 33.7. The normalized spacial score (nSPS) is 15.6. The van der Waals surface area contributed by atoms with E-state index in [4.69, 9.17) is 10.5 Å². The molecular formula is C40H41ClN4O4. The second-order valence-corrected chi connectivity index (χ2v) is 12.8. The average molecular weight is 677 g/mol. The molecule has 6 rings (SSSR count). The molecule has 2 atom stereocenters. The van der Waals surface area contributed by atoms with Gasteiger partial charge in [-0.2, -0.15) is 0 Å². The van der Waals surface area contributed by atoms with Crippen LogP contribution >= 0.6 is 12.4 Å². The van der Waals surface area contributed by atoms with Crippen LogP contribution in [0.3, 0.4) is 0 Å².